The standard InChI is InChI=1S/C21H24ClN5O/c1-13(2)20(28)26-6-3-21(4-7-26)5-8-27-18(21)10-17(25-27)14-9-15-16(22)12-24-19(15)23-11-14/h9-13H,3-8H2,1-2H3,(H,23,24). The summed E-state index contributed by atoms with van der Waals surface area (Å²) in [6.07, 6.45) is 6.75. The predicted molar refractivity (Wildman–Crippen MR) is 109 cm³/mol. The molecule has 3 aromatic heterocycles. The van der Waals surface area contributed by atoms with Gasteiger partial charge in [0.2, 0.25) is 5.91 Å². The summed E-state index contributed by atoms with van der Waals surface area (Å²) in [7, 11) is 0. The van der Waals surface area contributed by atoms with E-state index >= 15 is 0 Å². The molecular weight excluding hydrogens is 374 g/mol. The third-order valence-electron chi connectivity index (χ3n) is 6.43. The number of halogens is 1. The van der Waals surface area contributed by atoms with Crippen LogP contribution in [0.5, 0.6) is 0 Å². The number of nitrogens with zero attached hydrogens (tertiary/aromatic N) is 4. The van der Waals surface area contributed by atoms with Gasteiger partial charge in [0.25, 0.3) is 0 Å². The molecule has 5 heterocycles. The van der Waals surface area contributed by atoms with Gasteiger partial charge in [0.15, 0.2) is 0 Å². The normalized spacial score (nSPS) is 18.4. The highest BCUT2D eigenvalue weighted by Gasteiger charge is 2.43. The number of pyridine rings is 1. The lowest BCUT2D eigenvalue weighted by Gasteiger charge is -2.39. The first-order chi connectivity index (χ1) is 13.5. The average molecular weight is 398 g/mol. The summed E-state index contributed by atoms with van der Waals surface area (Å²) in [4.78, 5) is 21.9. The Balaban J connectivity index is 1.43. The van der Waals surface area contributed by atoms with Gasteiger partial charge < -0.3 is 9.88 Å². The van der Waals surface area contributed by atoms with Crippen molar-refractivity contribution in [3.8, 4) is 11.3 Å². The molecule has 2 aliphatic heterocycles. The summed E-state index contributed by atoms with van der Waals surface area (Å²) in [5.41, 5.74) is 4.17. The molecule has 0 unspecified atom stereocenters. The highest BCUT2D eigenvalue weighted by molar-refractivity contribution is 6.35. The number of hydrogen-bond donors (Lipinski definition) is 1. The van der Waals surface area contributed by atoms with Crippen molar-refractivity contribution in [1.29, 1.82) is 0 Å². The highest BCUT2D eigenvalue weighted by Crippen LogP contribution is 2.44. The Kier molecular flexibility index (Phi) is 4.02. The Hall–Kier alpha value is -2.34. The van der Waals surface area contributed by atoms with E-state index in [0.717, 1.165) is 61.2 Å². The number of carbonyl (C=O) groups excluding carboxylic acids is 1. The fraction of sp³-hybridized carbons (Fsp3) is 0.476. The number of rotatable bonds is 2. The lowest BCUT2D eigenvalue weighted by atomic mass is 9.74. The second-order valence-electron chi connectivity index (χ2n) is 8.41. The number of likely N-dealkylation sites (tertiary alicyclic amines) is 1. The Morgan fingerprint density at radius 3 is 2.71 bits per heavy atom. The van der Waals surface area contributed by atoms with E-state index < -0.39 is 0 Å². The van der Waals surface area contributed by atoms with E-state index in [1.807, 2.05) is 24.9 Å². The summed E-state index contributed by atoms with van der Waals surface area (Å²) < 4.78 is 2.15. The number of aromatic nitrogens is 4. The third-order valence-corrected chi connectivity index (χ3v) is 6.74. The number of amides is 1. The molecule has 0 saturated carbocycles. The molecule has 5 rings (SSSR count). The maximum atomic E-state index is 12.3. The number of H-pyrrole nitrogens is 1. The number of carbonyl (C=O) groups is 1. The Bertz CT molecular complexity index is 1060. The summed E-state index contributed by atoms with van der Waals surface area (Å²) in [6, 6.07) is 4.27. The fourth-order valence-electron chi connectivity index (χ4n) is 4.74. The van der Waals surface area contributed by atoms with Crippen molar-refractivity contribution >= 4 is 28.5 Å². The molecule has 6 nitrogen and oxygen atoms in total. The van der Waals surface area contributed by atoms with Gasteiger partial charge in [0, 0.05) is 60.0 Å². The number of aryl methyl sites for hydroxylation is 1. The molecule has 1 fully saturated rings. The molecule has 0 bridgehead atoms. The second kappa shape index (κ2) is 6.34. The molecule has 1 N–H and O–H groups in total. The van der Waals surface area contributed by atoms with Crippen molar-refractivity contribution < 1.29 is 4.79 Å². The molecule has 1 amide bonds. The monoisotopic (exact) mass is 397 g/mol. The van der Waals surface area contributed by atoms with E-state index in [1.165, 1.54) is 5.69 Å². The van der Waals surface area contributed by atoms with Gasteiger partial charge in [-0.05, 0) is 31.4 Å². The van der Waals surface area contributed by atoms with Crippen LogP contribution in [0.3, 0.4) is 0 Å². The summed E-state index contributed by atoms with van der Waals surface area (Å²) in [6.45, 7) is 6.57. The highest BCUT2D eigenvalue weighted by atomic mass is 35.5. The number of nitrogens with one attached hydrogen (secondary N) is 1. The Morgan fingerprint density at radius 2 is 1.96 bits per heavy atom. The fourth-order valence-corrected chi connectivity index (χ4v) is 4.94. The molecule has 0 aliphatic carbocycles. The zero-order valence-electron chi connectivity index (χ0n) is 16.2. The van der Waals surface area contributed by atoms with Gasteiger partial charge in [-0.1, -0.05) is 25.4 Å². The first kappa shape index (κ1) is 17.7. The molecule has 7 heteroatoms. The van der Waals surface area contributed by atoms with Crippen molar-refractivity contribution in [2.45, 2.75) is 45.1 Å². The van der Waals surface area contributed by atoms with Crippen LogP contribution in [0.1, 0.15) is 38.8 Å². The maximum Gasteiger partial charge on any atom is 0.225 e. The zero-order chi connectivity index (χ0) is 19.5. The average Bonchev–Trinajstić information content (AvgIpc) is 3.38. The first-order valence-corrected chi connectivity index (χ1v) is 10.3. The number of aromatic amines is 1. The van der Waals surface area contributed by atoms with Gasteiger partial charge in [-0.15, -0.1) is 0 Å². The van der Waals surface area contributed by atoms with Crippen LogP contribution in [-0.2, 0) is 16.8 Å². The van der Waals surface area contributed by atoms with Crippen LogP contribution in [0.15, 0.2) is 24.5 Å². The topological polar surface area (TPSA) is 66.8 Å². The zero-order valence-corrected chi connectivity index (χ0v) is 17.0. The lowest BCUT2D eigenvalue weighted by molar-refractivity contribution is -0.136. The SMILES string of the molecule is CC(C)C(=O)N1CCC2(CC1)CCn1nc(-c3cnc4[nH]cc(Cl)c4c3)cc12. The van der Waals surface area contributed by atoms with Crippen LogP contribution < -0.4 is 0 Å². The molecule has 1 saturated heterocycles. The second-order valence-corrected chi connectivity index (χ2v) is 8.81. The largest absolute Gasteiger partial charge is 0.345 e. The minimum absolute atomic E-state index is 0.0671. The Labute approximate surface area is 168 Å². The lowest BCUT2D eigenvalue weighted by Crippen LogP contribution is -2.45. The quantitative estimate of drug-likeness (QED) is 0.710. The van der Waals surface area contributed by atoms with Gasteiger partial charge >= 0.3 is 0 Å². The number of fused-ring (bicyclic) bond motifs is 3. The molecule has 146 valence electrons. The van der Waals surface area contributed by atoms with Crippen molar-refractivity contribution in [1.82, 2.24) is 24.6 Å². The number of piperidine rings is 1. The first-order valence-electron chi connectivity index (χ1n) is 9.97. The van der Waals surface area contributed by atoms with Crippen molar-refractivity contribution in [3.63, 3.8) is 0 Å². The van der Waals surface area contributed by atoms with Gasteiger partial charge in [0.1, 0.15) is 5.65 Å². The predicted octanol–water partition coefficient (Wildman–Crippen LogP) is 4.00. The smallest absolute Gasteiger partial charge is 0.225 e. The maximum absolute atomic E-state index is 12.3. The van der Waals surface area contributed by atoms with Gasteiger partial charge in [-0.25, -0.2) is 4.98 Å². The molecule has 28 heavy (non-hydrogen) atoms. The minimum Gasteiger partial charge on any atom is -0.345 e. The van der Waals surface area contributed by atoms with E-state index in [2.05, 4.69) is 26.8 Å². The van der Waals surface area contributed by atoms with E-state index in [0.29, 0.717) is 5.02 Å². The summed E-state index contributed by atoms with van der Waals surface area (Å²) >= 11 is 6.26. The van der Waals surface area contributed by atoms with Crippen LogP contribution in [0.25, 0.3) is 22.3 Å². The van der Waals surface area contributed by atoms with Gasteiger partial charge in [-0.2, -0.15) is 5.10 Å². The van der Waals surface area contributed by atoms with Crippen LogP contribution >= 0.6 is 11.6 Å². The van der Waals surface area contributed by atoms with Gasteiger partial charge in [-0.3, -0.25) is 9.48 Å². The van der Waals surface area contributed by atoms with Crippen LogP contribution in [-0.4, -0.2) is 43.6 Å². The summed E-state index contributed by atoms with van der Waals surface area (Å²) in [5.74, 6) is 0.335. The molecule has 0 atom stereocenters. The molecule has 0 radical (unpaired) electrons. The van der Waals surface area contributed by atoms with E-state index in [4.69, 9.17) is 16.7 Å². The molecular formula is C21H24ClN5O. The minimum atomic E-state index is 0.0671. The van der Waals surface area contributed by atoms with Crippen molar-refractivity contribution in [2.75, 3.05) is 13.1 Å². The van der Waals surface area contributed by atoms with Crippen LogP contribution in [0.2, 0.25) is 5.02 Å². The molecule has 2 aliphatic rings. The molecule has 1 spiro atoms. The van der Waals surface area contributed by atoms with Crippen LogP contribution in [0, 0.1) is 5.92 Å². The molecule has 0 aromatic carbocycles. The van der Waals surface area contributed by atoms with Crippen LogP contribution in [0.4, 0.5) is 0 Å². The number of hydrogen-bond acceptors (Lipinski definition) is 3. The molecule has 3 aromatic rings. The Morgan fingerprint density at radius 1 is 1.21 bits per heavy atom. The third kappa shape index (κ3) is 2.65. The van der Waals surface area contributed by atoms with E-state index in [9.17, 15) is 4.79 Å². The van der Waals surface area contributed by atoms with Gasteiger partial charge in [0.05, 0.1) is 10.7 Å². The van der Waals surface area contributed by atoms with Crippen molar-refractivity contribution in [3.05, 3.63) is 35.2 Å². The summed E-state index contributed by atoms with van der Waals surface area (Å²) in [5, 5.41) is 6.45. The van der Waals surface area contributed by atoms with E-state index in [1.54, 1.807) is 6.20 Å². The van der Waals surface area contributed by atoms with Crippen molar-refractivity contribution in [2.24, 2.45) is 5.92 Å². The van der Waals surface area contributed by atoms with E-state index in [-0.39, 0.29) is 17.2 Å².